The van der Waals surface area contributed by atoms with Gasteiger partial charge < -0.3 is 0 Å². The first-order valence-corrected chi connectivity index (χ1v) is 4.35. The Morgan fingerprint density at radius 1 is 1.58 bits per heavy atom. The third kappa shape index (κ3) is 2.10. The van der Waals surface area contributed by atoms with E-state index in [0.29, 0.717) is 17.7 Å². The lowest BCUT2D eigenvalue weighted by atomic mass is 10.2. The minimum Gasteiger partial charge on any atom is -0.296 e. The molecule has 0 saturated carbocycles. The van der Waals surface area contributed by atoms with Crippen molar-refractivity contribution in [2.24, 2.45) is 0 Å². The standard InChI is InChI=1S/C8H6INO2/c1-5(12)8-3-6(9)2-7(4-11)10-8/h2-4H,1H3. The maximum atomic E-state index is 10.9. The van der Waals surface area contributed by atoms with E-state index in [2.05, 4.69) is 4.98 Å². The molecule has 0 atom stereocenters. The SMILES string of the molecule is CC(=O)c1cc(I)cc(C=O)n1. The molecule has 0 saturated heterocycles. The molecule has 1 aromatic heterocycles. The van der Waals surface area contributed by atoms with Crippen LogP contribution in [0.4, 0.5) is 0 Å². The van der Waals surface area contributed by atoms with E-state index in [1.807, 2.05) is 22.6 Å². The normalized spacial score (nSPS) is 9.50. The molecule has 0 bridgehead atoms. The summed E-state index contributed by atoms with van der Waals surface area (Å²) >= 11 is 2.04. The fourth-order valence-electron chi connectivity index (χ4n) is 0.758. The summed E-state index contributed by atoms with van der Waals surface area (Å²) < 4.78 is 0.843. The van der Waals surface area contributed by atoms with Gasteiger partial charge in [-0.3, -0.25) is 9.59 Å². The molecule has 0 fully saturated rings. The van der Waals surface area contributed by atoms with Gasteiger partial charge in [-0.15, -0.1) is 0 Å². The van der Waals surface area contributed by atoms with Crippen molar-refractivity contribution in [1.82, 2.24) is 4.98 Å². The zero-order chi connectivity index (χ0) is 9.14. The Labute approximate surface area is 83.3 Å². The number of Topliss-reactive ketones (excluding diaryl/α,β-unsaturated/α-hetero) is 1. The van der Waals surface area contributed by atoms with E-state index in [4.69, 9.17) is 0 Å². The third-order valence-corrected chi connectivity index (χ3v) is 1.91. The van der Waals surface area contributed by atoms with Crippen molar-refractivity contribution in [1.29, 1.82) is 0 Å². The van der Waals surface area contributed by atoms with Crippen LogP contribution in [0.3, 0.4) is 0 Å². The lowest BCUT2D eigenvalue weighted by Crippen LogP contribution is -2.00. The number of hydrogen-bond donors (Lipinski definition) is 0. The molecular weight excluding hydrogens is 269 g/mol. The van der Waals surface area contributed by atoms with Gasteiger partial charge in [0.1, 0.15) is 11.4 Å². The van der Waals surface area contributed by atoms with Crippen molar-refractivity contribution in [3.05, 3.63) is 27.1 Å². The van der Waals surface area contributed by atoms with Crippen molar-refractivity contribution >= 4 is 34.7 Å². The second-order valence-electron chi connectivity index (χ2n) is 2.27. The minimum absolute atomic E-state index is 0.128. The van der Waals surface area contributed by atoms with E-state index in [-0.39, 0.29) is 5.78 Å². The van der Waals surface area contributed by atoms with Crippen LogP contribution in [-0.2, 0) is 0 Å². The highest BCUT2D eigenvalue weighted by atomic mass is 127. The zero-order valence-electron chi connectivity index (χ0n) is 6.37. The molecule has 0 unspecified atom stereocenters. The Morgan fingerprint density at radius 3 is 2.75 bits per heavy atom. The number of carbonyl (C=O) groups excluding carboxylic acids is 2. The summed E-state index contributed by atoms with van der Waals surface area (Å²) in [6.07, 6.45) is 0.634. The summed E-state index contributed by atoms with van der Waals surface area (Å²) in [6, 6.07) is 3.27. The topological polar surface area (TPSA) is 47.0 Å². The molecule has 0 spiro atoms. The van der Waals surface area contributed by atoms with Crippen LogP contribution in [0.25, 0.3) is 0 Å². The smallest absolute Gasteiger partial charge is 0.178 e. The van der Waals surface area contributed by atoms with E-state index >= 15 is 0 Å². The lowest BCUT2D eigenvalue weighted by molar-refractivity contribution is 0.101. The molecular formula is C8H6INO2. The Balaban J connectivity index is 3.23. The highest BCUT2D eigenvalue weighted by Crippen LogP contribution is 2.08. The van der Waals surface area contributed by atoms with Gasteiger partial charge in [0.25, 0.3) is 0 Å². The maximum absolute atomic E-state index is 10.9. The number of pyridine rings is 1. The number of nitrogens with zero attached hydrogens (tertiary/aromatic N) is 1. The summed E-state index contributed by atoms with van der Waals surface area (Å²) in [5, 5.41) is 0. The molecule has 12 heavy (non-hydrogen) atoms. The monoisotopic (exact) mass is 275 g/mol. The molecule has 4 heteroatoms. The molecule has 3 nitrogen and oxygen atoms in total. The van der Waals surface area contributed by atoms with Gasteiger partial charge >= 0.3 is 0 Å². The zero-order valence-corrected chi connectivity index (χ0v) is 8.53. The van der Waals surface area contributed by atoms with Gasteiger partial charge in [-0.25, -0.2) is 4.98 Å². The van der Waals surface area contributed by atoms with Crippen LogP contribution < -0.4 is 0 Å². The van der Waals surface area contributed by atoms with E-state index < -0.39 is 0 Å². The van der Waals surface area contributed by atoms with E-state index in [9.17, 15) is 9.59 Å². The van der Waals surface area contributed by atoms with Gasteiger partial charge in [-0.05, 0) is 34.7 Å². The molecule has 1 aromatic rings. The molecule has 1 rings (SSSR count). The van der Waals surface area contributed by atoms with E-state index in [0.717, 1.165) is 3.57 Å². The van der Waals surface area contributed by atoms with Gasteiger partial charge in [0, 0.05) is 10.5 Å². The van der Waals surface area contributed by atoms with Crippen molar-refractivity contribution in [3.8, 4) is 0 Å². The molecule has 0 aliphatic carbocycles. The summed E-state index contributed by atoms with van der Waals surface area (Å²) in [4.78, 5) is 25.1. The second-order valence-corrected chi connectivity index (χ2v) is 3.52. The molecule has 0 aliphatic heterocycles. The summed E-state index contributed by atoms with van der Waals surface area (Å²) in [6.45, 7) is 1.42. The Bertz CT molecular complexity index is 336. The number of halogens is 1. The first-order valence-electron chi connectivity index (χ1n) is 3.27. The van der Waals surface area contributed by atoms with Crippen LogP contribution in [-0.4, -0.2) is 17.1 Å². The quantitative estimate of drug-likeness (QED) is 0.469. The lowest BCUT2D eigenvalue weighted by Gasteiger charge is -1.97. The Hall–Kier alpha value is -0.780. The van der Waals surface area contributed by atoms with Crippen molar-refractivity contribution < 1.29 is 9.59 Å². The number of rotatable bonds is 2. The summed E-state index contributed by atoms with van der Waals surface area (Å²) in [7, 11) is 0. The first-order chi connectivity index (χ1) is 5.63. The van der Waals surface area contributed by atoms with Gasteiger partial charge in [0.05, 0.1) is 0 Å². The fraction of sp³-hybridized carbons (Fsp3) is 0.125. The Kier molecular flexibility index (Phi) is 2.91. The van der Waals surface area contributed by atoms with Gasteiger partial charge in [-0.1, -0.05) is 0 Å². The maximum Gasteiger partial charge on any atom is 0.178 e. The summed E-state index contributed by atoms with van der Waals surface area (Å²) in [5.74, 6) is -0.128. The number of hydrogen-bond acceptors (Lipinski definition) is 3. The number of carbonyl (C=O) groups is 2. The van der Waals surface area contributed by atoms with Crippen LogP contribution >= 0.6 is 22.6 Å². The van der Waals surface area contributed by atoms with E-state index in [1.54, 1.807) is 12.1 Å². The van der Waals surface area contributed by atoms with Crippen molar-refractivity contribution in [3.63, 3.8) is 0 Å². The number of aldehydes is 1. The predicted molar refractivity (Wildman–Crippen MR) is 52.3 cm³/mol. The largest absolute Gasteiger partial charge is 0.296 e. The van der Waals surface area contributed by atoms with Gasteiger partial charge in [0.15, 0.2) is 12.1 Å². The van der Waals surface area contributed by atoms with Crippen LogP contribution in [0.15, 0.2) is 12.1 Å². The average Bonchev–Trinajstić information content (AvgIpc) is 2.03. The highest BCUT2D eigenvalue weighted by Gasteiger charge is 2.03. The van der Waals surface area contributed by atoms with E-state index in [1.165, 1.54) is 6.92 Å². The second kappa shape index (κ2) is 3.75. The fourth-order valence-corrected chi connectivity index (χ4v) is 1.37. The number of ketones is 1. The third-order valence-electron chi connectivity index (χ3n) is 1.29. The van der Waals surface area contributed by atoms with Crippen LogP contribution in [0.5, 0.6) is 0 Å². The first kappa shape index (κ1) is 9.31. The van der Waals surface area contributed by atoms with Crippen molar-refractivity contribution in [2.45, 2.75) is 6.92 Å². The molecule has 1 heterocycles. The molecule has 0 aliphatic rings. The average molecular weight is 275 g/mol. The van der Waals surface area contributed by atoms with Crippen LogP contribution in [0.2, 0.25) is 0 Å². The molecule has 0 radical (unpaired) electrons. The van der Waals surface area contributed by atoms with Gasteiger partial charge in [-0.2, -0.15) is 0 Å². The number of aromatic nitrogens is 1. The predicted octanol–water partition coefficient (Wildman–Crippen LogP) is 1.70. The van der Waals surface area contributed by atoms with Crippen LogP contribution in [0, 0.1) is 3.57 Å². The molecule has 0 aromatic carbocycles. The molecule has 0 N–H and O–H groups in total. The highest BCUT2D eigenvalue weighted by molar-refractivity contribution is 14.1. The van der Waals surface area contributed by atoms with Gasteiger partial charge in [0.2, 0.25) is 0 Å². The Morgan fingerprint density at radius 2 is 2.25 bits per heavy atom. The minimum atomic E-state index is -0.128. The van der Waals surface area contributed by atoms with Crippen LogP contribution in [0.1, 0.15) is 27.9 Å². The summed E-state index contributed by atoms with van der Waals surface area (Å²) in [5.41, 5.74) is 0.635. The molecule has 62 valence electrons. The molecule has 0 amide bonds. The van der Waals surface area contributed by atoms with Crippen molar-refractivity contribution in [2.75, 3.05) is 0 Å².